The molecule has 0 spiro atoms. The SMILES string of the molecule is OB(O)c1cccc(-c2ccc(-c3ccccc3)cc2)c1B(O)O. The van der Waals surface area contributed by atoms with Gasteiger partial charge >= 0.3 is 14.2 Å². The largest absolute Gasteiger partial charge is 0.488 e. The molecule has 0 fully saturated rings. The molecule has 0 saturated carbocycles. The smallest absolute Gasteiger partial charge is 0.423 e. The van der Waals surface area contributed by atoms with E-state index in [9.17, 15) is 20.1 Å². The van der Waals surface area contributed by atoms with Crippen molar-refractivity contribution >= 4 is 25.2 Å². The van der Waals surface area contributed by atoms with Crippen molar-refractivity contribution in [2.45, 2.75) is 0 Å². The van der Waals surface area contributed by atoms with Crippen molar-refractivity contribution in [3.05, 3.63) is 72.8 Å². The molecule has 0 unspecified atom stereocenters. The maximum absolute atomic E-state index is 9.66. The molecule has 3 aromatic rings. The highest BCUT2D eigenvalue weighted by Gasteiger charge is 2.26. The van der Waals surface area contributed by atoms with E-state index in [1.807, 2.05) is 54.6 Å². The van der Waals surface area contributed by atoms with E-state index in [2.05, 4.69) is 0 Å². The highest BCUT2D eigenvalue weighted by Crippen LogP contribution is 2.23. The zero-order valence-corrected chi connectivity index (χ0v) is 12.9. The van der Waals surface area contributed by atoms with Gasteiger partial charge in [-0.05, 0) is 33.2 Å². The van der Waals surface area contributed by atoms with Crippen molar-refractivity contribution in [1.29, 1.82) is 0 Å². The Hall–Kier alpha value is -2.37. The molecule has 0 radical (unpaired) electrons. The Kier molecular flexibility index (Phi) is 4.83. The molecule has 0 saturated heterocycles. The van der Waals surface area contributed by atoms with Gasteiger partial charge in [0, 0.05) is 0 Å². The zero-order chi connectivity index (χ0) is 17.1. The molecule has 3 rings (SSSR count). The highest BCUT2D eigenvalue weighted by molar-refractivity contribution is 6.72. The van der Waals surface area contributed by atoms with E-state index >= 15 is 0 Å². The predicted molar refractivity (Wildman–Crippen MR) is 97.0 cm³/mol. The van der Waals surface area contributed by atoms with Crippen LogP contribution in [0.3, 0.4) is 0 Å². The van der Waals surface area contributed by atoms with Crippen LogP contribution in [-0.2, 0) is 0 Å². The third kappa shape index (κ3) is 3.27. The second kappa shape index (κ2) is 7.03. The Morgan fingerprint density at radius 2 is 1.08 bits per heavy atom. The molecule has 3 aromatic carbocycles. The maximum atomic E-state index is 9.66. The van der Waals surface area contributed by atoms with Crippen LogP contribution in [0.25, 0.3) is 22.3 Å². The molecule has 0 aliphatic rings. The van der Waals surface area contributed by atoms with E-state index in [-0.39, 0.29) is 10.9 Å². The summed E-state index contributed by atoms with van der Waals surface area (Å²) < 4.78 is 0. The lowest BCUT2D eigenvalue weighted by Gasteiger charge is -2.14. The summed E-state index contributed by atoms with van der Waals surface area (Å²) in [6.45, 7) is 0. The van der Waals surface area contributed by atoms with Gasteiger partial charge in [0.2, 0.25) is 0 Å². The summed E-state index contributed by atoms with van der Waals surface area (Å²) in [5.74, 6) is 0. The molecule has 0 amide bonds. The van der Waals surface area contributed by atoms with Crippen molar-refractivity contribution in [2.75, 3.05) is 0 Å². The Bertz CT molecular complexity index is 818. The van der Waals surface area contributed by atoms with E-state index in [0.717, 1.165) is 16.7 Å². The fraction of sp³-hybridized carbons (Fsp3) is 0. The van der Waals surface area contributed by atoms with Crippen LogP contribution in [0.1, 0.15) is 0 Å². The summed E-state index contributed by atoms with van der Waals surface area (Å²) in [5, 5.41) is 38.2. The van der Waals surface area contributed by atoms with Crippen LogP contribution >= 0.6 is 0 Å². The van der Waals surface area contributed by atoms with E-state index in [1.165, 1.54) is 6.07 Å². The molecule has 0 bridgehead atoms. The van der Waals surface area contributed by atoms with Crippen LogP contribution in [0.2, 0.25) is 0 Å². The number of hydrogen-bond acceptors (Lipinski definition) is 4. The summed E-state index contributed by atoms with van der Waals surface area (Å²) in [7, 11) is -3.57. The Morgan fingerprint density at radius 1 is 0.500 bits per heavy atom. The molecule has 6 heteroatoms. The molecular weight excluding hydrogens is 302 g/mol. The van der Waals surface area contributed by atoms with E-state index in [4.69, 9.17) is 0 Å². The first-order valence-corrected chi connectivity index (χ1v) is 7.59. The van der Waals surface area contributed by atoms with E-state index < -0.39 is 14.2 Å². The van der Waals surface area contributed by atoms with Gasteiger partial charge < -0.3 is 20.1 Å². The maximum Gasteiger partial charge on any atom is 0.488 e. The summed E-state index contributed by atoms with van der Waals surface area (Å²) >= 11 is 0. The van der Waals surface area contributed by atoms with Gasteiger partial charge in [-0.15, -0.1) is 0 Å². The van der Waals surface area contributed by atoms with Crippen LogP contribution in [0.5, 0.6) is 0 Å². The standard InChI is InChI=1S/C18H16B2O4/c21-19(22)17-8-4-7-16(18(17)20(23)24)15-11-9-14(10-12-15)13-5-2-1-3-6-13/h1-12,21-24H. The van der Waals surface area contributed by atoms with Crippen LogP contribution in [0, 0.1) is 0 Å². The summed E-state index contributed by atoms with van der Waals surface area (Å²) in [6, 6.07) is 22.4. The lowest BCUT2D eigenvalue weighted by atomic mass is 9.63. The first-order valence-electron chi connectivity index (χ1n) is 7.59. The topological polar surface area (TPSA) is 80.9 Å². The van der Waals surface area contributed by atoms with Crippen molar-refractivity contribution in [2.24, 2.45) is 0 Å². The third-order valence-electron chi connectivity index (χ3n) is 3.98. The second-order valence-electron chi connectivity index (χ2n) is 5.50. The summed E-state index contributed by atoms with van der Waals surface area (Å²) in [5.41, 5.74) is 3.62. The molecule has 0 aromatic heterocycles. The monoisotopic (exact) mass is 318 g/mol. The van der Waals surface area contributed by atoms with Crippen molar-refractivity contribution < 1.29 is 20.1 Å². The average Bonchev–Trinajstić information content (AvgIpc) is 2.62. The van der Waals surface area contributed by atoms with E-state index in [1.54, 1.807) is 12.1 Å². The minimum atomic E-state index is -1.80. The highest BCUT2D eigenvalue weighted by atomic mass is 16.4. The third-order valence-corrected chi connectivity index (χ3v) is 3.98. The Labute approximate surface area is 141 Å². The average molecular weight is 318 g/mol. The van der Waals surface area contributed by atoms with Gasteiger partial charge in [0.1, 0.15) is 0 Å². The van der Waals surface area contributed by atoms with Gasteiger partial charge in [-0.25, -0.2) is 0 Å². The first kappa shape index (κ1) is 16.5. The number of hydrogen-bond donors (Lipinski definition) is 4. The second-order valence-corrected chi connectivity index (χ2v) is 5.50. The van der Waals surface area contributed by atoms with Crippen molar-refractivity contribution in [3.63, 3.8) is 0 Å². The van der Waals surface area contributed by atoms with Crippen molar-refractivity contribution in [1.82, 2.24) is 0 Å². The molecular formula is C18H16B2O4. The minimum absolute atomic E-state index is 0.0784. The molecule has 0 heterocycles. The molecule has 24 heavy (non-hydrogen) atoms. The van der Waals surface area contributed by atoms with Gasteiger partial charge in [0.05, 0.1) is 0 Å². The van der Waals surface area contributed by atoms with Gasteiger partial charge in [0.15, 0.2) is 0 Å². The first-order chi connectivity index (χ1) is 11.6. The molecule has 4 N–H and O–H groups in total. The Balaban J connectivity index is 2.05. The van der Waals surface area contributed by atoms with Gasteiger partial charge in [-0.2, -0.15) is 0 Å². The normalized spacial score (nSPS) is 10.5. The van der Waals surface area contributed by atoms with Gasteiger partial charge in [0.25, 0.3) is 0 Å². The van der Waals surface area contributed by atoms with Crippen LogP contribution in [0.4, 0.5) is 0 Å². The lowest BCUT2D eigenvalue weighted by molar-refractivity contribution is 0.419. The fourth-order valence-electron chi connectivity index (χ4n) is 2.82. The molecule has 0 atom stereocenters. The Morgan fingerprint density at radius 3 is 1.67 bits per heavy atom. The quantitative estimate of drug-likeness (QED) is 0.524. The summed E-state index contributed by atoms with van der Waals surface area (Å²) in [4.78, 5) is 0. The van der Waals surface area contributed by atoms with Crippen LogP contribution in [-0.4, -0.2) is 34.3 Å². The van der Waals surface area contributed by atoms with Crippen LogP contribution < -0.4 is 10.9 Å². The van der Waals surface area contributed by atoms with Gasteiger partial charge in [-0.1, -0.05) is 72.8 Å². The fourth-order valence-corrected chi connectivity index (χ4v) is 2.82. The van der Waals surface area contributed by atoms with Crippen molar-refractivity contribution in [3.8, 4) is 22.3 Å². The molecule has 0 aliphatic carbocycles. The van der Waals surface area contributed by atoms with E-state index in [0.29, 0.717) is 5.56 Å². The summed E-state index contributed by atoms with van der Waals surface area (Å²) in [6.07, 6.45) is 0. The molecule has 118 valence electrons. The van der Waals surface area contributed by atoms with Gasteiger partial charge in [-0.3, -0.25) is 0 Å². The zero-order valence-electron chi connectivity index (χ0n) is 12.9. The minimum Gasteiger partial charge on any atom is -0.423 e. The number of benzene rings is 3. The lowest BCUT2D eigenvalue weighted by Crippen LogP contribution is -2.50. The number of rotatable bonds is 4. The predicted octanol–water partition coefficient (Wildman–Crippen LogP) is 0.380. The van der Waals surface area contributed by atoms with Crippen LogP contribution in [0.15, 0.2) is 72.8 Å². The molecule has 0 aliphatic heterocycles. The molecule has 4 nitrogen and oxygen atoms in total.